The first-order valence-electron chi connectivity index (χ1n) is 9.28. The Balaban J connectivity index is 0.00000289. The zero-order valence-corrected chi connectivity index (χ0v) is 21.4. The van der Waals surface area contributed by atoms with Crippen molar-refractivity contribution < 1.29 is 59.0 Å². The topological polar surface area (TPSA) is 170 Å². The molecule has 2 amide bonds. The van der Waals surface area contributed by atoms with Crippen molar-refractivity contribution in [2.75, 3.05) is 24.7 Å². The third-order valence-electron chi connectivity index (χ3n) is 4.97. The summed E-state index contributed by atoms with van der Waals surface area (Å²) in [6.07, 6.45) is 1.61. The van der Waals surface area contributed by atoms with Gasteiger partial charge in [-0.05, 0) is 12.8 Å². The van der Waals surface area contributed by atoms with E-state index in [1.54, 1.807) is 0 Å². The van der Waals surface area contributed by atoms with E-state index in [1.165, 1.54) is 28.9 Å². The summed E-state index contributed by atoms with van der Waals surface area (Å²) < 4.78 is 5.34. The number of amides is 2. The number of hydrogen-bond acceptors (Lipinski definition) is 12. The van der Waals surface area contributed by atoms with Gasteiger partial charge in [-0.25, -0.2) is 4.98 Å². The molecular formula is C17H18N5NaO6S3. The van der Waals surface area contributed by atoms with Crippen molar-refractivity contribution in [2.45, 2.75) is 29.5 Å². The van der Waals surface area contributed by atoms with Crippen LogP contribution >= 0.6 is 34.9 Å². The number of oxime groups is 1. The summed E-state index contributed by atoms with van der Waals surface area (Å²) in [7, 11) is 0. The number of rotatable bonds is 6. The van der Waals surface area contributed by atoms with Gasteiger partial charge in [0.2, 0.25) is 0 Å². The molecule has 166 valence electrons. The smallest absolute Gasteiger partial charge is 0.543 e. The maximum atomic E-state index is 12.7. The fourth-order valence-corrected chi connectivity index (χ4v) is 6.83. The number of nitrogens with zero attached hydrogens (tertiary/aromatic N) is 3. The summed E-state index contributed by atoms with van der Waals surface area (Å²) in [6.45, 7) is 1.25. The average Bonchev–Trinajstić information content (AvgIpc) is 3.18. The number of carboxylic acids is 1. The first kappa shape index (κ1) is 25.3. The van der Waals surface area contributed by atoms with Crippen molar-refractivity contribution >= 4 is 63.5 Å². The fourth-order valence-electron chi connectivity index (χ4n) is 3.49. The summed E-state index contributed by atoms with van der Waals surface area (Å²) >= 11 is 3.87. The molecule has 0 aromatic carbocycles. The Morgan fingerprint density at radius 1 is 1.41 bits per heavy atom. The number of nitrogens with two attached hydrogens (primary N) is 1. The van der Waals surface area contributed by atoms with Crippen LogP contribution in [0.3, 0.4) is 0 Å². The quantitative estimate of drug-likeness (QED) is 0.114. The molecule has 3 aliphatic heterocycles. The SMILES string of the molecule is Nc1nc(/C(=N/O)C(=O)NC2C(=O)N3C(C(=O)[O-])=C(SC4CCOCC4)CSC23)cs1.[Na+]. The number of thiazole rings is 1. The number of β-lactam (4-membered cyclic amide) rings is 1. The summed E-state index contributed by atoms with van der Waals surface area (Å²) in [5, 5.41) is 27.8. The van der Waals surface area contributed by atoms with Gasteiger partial charge in [-0.2, -0.15) is 0 Å². The minimum atomic E-state index is -1.42. The van der Waals surface area contributed by atoms with Crippen LogP contribution in [0.1, 0.15) is 18.5 Å². The van der Waals surface area contributed by atoms with Gasteiger partial charge in [0.15, 0.2) is 10.8 Å². The molecule has 4 N–H and O–H groups in total. The first-order chi connectivity index (χ1) is 14.9. The van der Waals surface area contributed by atoms with E-state index in [9.17, 15) is 24.7 Å². The van der Waals surface area contributed by atoms with Gasteiger partial charge in [0, 0.05) is 34.5 Å². The molecule has 0 aliphatic carbocycles. The Kier molecular flexibility index (Phi) is 8.52. The number of hydrogen-bond donors (Lipinski definition) is 3. The van der Waals surface area contributed by atoms with Gasteiger partial charge in [0.05, 0.1) is 11.7 Å². The van der Waals surface area contributed by atoms with Crippen LogP contribution in [0.15, 0.2) is 21.1 Å². The van der Waals surface area contributed by atoms with Crippen LogP contribution in [0.2, 0.25) is 0 Å². The molecule has 15 heteroatoms. The molecule has 2 saturated heterocycles. The number of ether oxygens (including phenoxy) is 1. The molecule has 32 heavy (non-hydrogen) atoms. The molecule has 0 saturated carbocycles. The van der Waals surface area contributed by atoms with Gasteiger partial charge < -0.3 is 30.9 Å². The van der Waals surface area contributed by atoms with Crippen molar-refractivity contribution in [2.24, 2.45) is 5.16 Å². The van der Waals surface area contributed by atoms with E-state index in [0.29, 0.717) is 23.9 Å². The second-order valence-electron chi connectivity index (χ2n) is 6.87. The number of carbonyl (C=O) groups excluding carboxylic acids is 3. The Morgan fingerprint density at radius 3 is 2.72 bits per heavy atom. The molecule has 1 aromatic rings. The van der Waals surface area contributed by atoms with E-state index >= 15 is 0 Å². The number of aromatic nitrogens is 1. The number of thioether (sulfide) groups is 2. The standard InChI is InChI=1S/C17H19N5O6S3.Na/c18-17-19-8(5-30-17)10(21-27)13(23)20-11-14(24)22-12(16(25)26)9(6-29-15(11)22)31-7-1-3-28-4-2-7;/h5,7,11,15,27H,1-4,6H2,(H2,18,19)(H,20,23)(H,25,26);/q;+1/p-1/b21-10-;. The molecule has 2 atom stereocenters. The second kappa shape index (κ2) is 10.8. The van der Waals surface area contributed by atoms with Crippen molar-refractivity contribution in [3.05, 3.63) is 21.7 Å². The van der Waals surface area contributed by atoms with Gasteiger partial charge in [-0.1, -0.05) is 5.16 Å². The van der Waals surface area contributed by atoms with Crippen molar-refractivity contribution in [1.29, 1.82) is 0 Å². The first-order valence-corrected chi connectivity index (χ1v) is 12.1. The number of carboxylic acid groups (broad SMARTS) is 1. The Bertz CT molecular complexity index is 980. The number of carbonyl (C=O) groups is 3. The molecule has 4 heterocycles. The summed E-state index contributed by atoms with van der Waals surface area (Å²) in [5.74, 6) is -2.42. The monoisotopic (exact) mass is 507 g/mol. The number of nitrogens with one attached hydrogen (secondary N) is 1. The van der Waals surface area contributed by atoms with Gasteiger partial charge in [0.1, 0.15) is 17.1 Å². The normalized spacial score (nSPS) is 23.8. The largest absolute Gasteiger partial charge is 1.00 e. The van der Waals surface area contributed by atoms with Gasteiger partial charge in [-0.3, -0.25) is 14.5 Å². The number of nitrogen functional groups attached to an aromatic ring is 1. The Labute approximate surface area is 217 Å². The minimum absolute atomic E-state index is 0. The Morgan fingerprint density at radius 2 is 2.12 bits per heavy atom. The number of aliphatic carboxylic acids is 1. The number of anilines is 1. The molecule has 1 aromatic heterocycles. The third kappa shape index (κ3) is 4.95. The molecule has 2 unspecified atom stereocenters. The minimum Gasteiger partial charge on any atom is -0.543 e. The predicted octanol–water partition coefficient (Wildman–Crippen LogP) is -3.82. The number of fused-ring (bicyclic) bond motifs is 1. The van der Waals surface area contributed by atoms with Gasteiger partial charge in [-0.15, -0.1) is 34.9 Å². The van der Waals surface area contributed by atoms with Gasteiger partial charge in [0.25, 0.3) is 11.8 Å². The molecule has 0 spiro atoms. The van der Waals surface area contributed by atoms with Crippen LogP contribution in [-0.2, 0) is 19.1 Å². The molecule has 0 radical (unpaired) electrons. The van der Waals surface area contributed by atoms with E-state index < -0.39 is 29.2 Å². The van der Waals surface area contributed by atoms with E-state index in [-0.39, 0.29) is 57.0 Å². The van der Waals surface area contributed by atoms with Crippen molar-refractivity contribution in [1.82, 2.24) is 15.2 Å². The second-order valence-corrected chi connectivity index (χ2v) is 10.3. The summed E-state index contributed by atoms with van der Waals surface area (Å²) in [6, 6.07) is -0.964. The van der Waals surface area contributed by atoms with Crippen LogP contribution in [-0.4, -0.2) is 74.2 Å². The molecule has 0 bridgehead atoms. The maximum absolute atomic E-state index is 12.7. The predicted molar refractivity (Wildman–Crippen MR) is 113 cm³/mol. The Hall–Kier alpha value is -1.29. The van der Waals surface area contributed by atoms with Crippen LogP contribution in [0.5, 0.6) is 0 Å². The third-order valence-corrected chi connectivity index (χ3v) is 8.53. The van der Waals surface area contributed by atoms with E-state index in [2.05, 4.69) is 15.5 Å². The van der Waals surface area contributed by atoms with Crippen LogP contribution in [0, 0.1) is 0 Å². The molecule has 3 aliphatic rings. The average molecular weight is 508 g/mol. The maximum Gasteiger partial charge on any atom is 1.00 e. The van der Waals surface area contributed by atoms with Crippen LogP contribution in [0.4, 0.5) is 5.13 Å². The van der Waals surface area contributed by atoms with Gasteiger partial charge >= 0.3 is 29.6 Å². The van der Waals surface area contributed by atoms with Crippen LogP contribution < -0.4 is 45.7 Å². The summed E-state index contributed by atoms with van der Waals surface area (Å²) in [4.78, 5) is 42.8. The zero-order valence-electron chi connectivity index (χ0n) is 17.0. The molecule has 11 nitrogen and oxygen atoms in total. The molecular weight excluding hydrogens is 489 g/mol. The van der Waals surface area contributed by atoms with E-state index in [4.69, 9.17) is 10.5 Å². The molecule has 2 fully saturated rings. The summed E-state index contributed by atoms with van der Waals surface area (Å²) in [5.41, 5.74) is 5.10. The van der Waals surface area contributed by atoms with E-state index in [0.717, 1.165) is 29.1 Å². The van der Waals surface area contributed by atoms with E-state index in [1.807, 2.05) is 0 Å². The zero-order chi connectivity index (χ0) is 22.1. The fraction of sp³-hybridized carbons (Fsp3) is 0.471. The van der Waals surface area contributed by atoms with Crippen molar-refractivity contribution in [3.63, 3.8) is 0 Å². The van der Waals surface area contributed by atoms with Crippen molar-refractivity contribution in [3.8, 4) is 0 Å². The molecule has 4 rings (SSSR count). The van der Waals surface area contributed by atoms with Crippen LogP contribution in [0.25, 0.3) is 0 Å².